The molecular formula is C47H78O6. The topological polar surface area (TPSA) is 78.9 Å². The van der Waals surface area contributed by atoms with Crippen LogP contribution in [0.5, 0.6) is 0 Å². The van der Waals surface area contributed by atoms with Crippen LogP contribution in [0.15, 0.2) is 72.9 Å². The molecule has 0 aliphatic heterocycles. The molecule has 0 fully saturated rings. The zero-order chi connectivity index (χ0) is 38.7. The fraction of sp³-hybridized carbons (Fsp3) is 0.681. The lowest BCUT2D eigenvalue weighted by molar-refractivity contribution is -0.167. The van der Waals surface area contributed by atoms with Gasteiger partial charge in [-0.3, -0.25) is 14.4 Å². The Morgan fingerprint density at radius 2 is 0.755 bits per heavy atom. The number of allylic oxidation sites excluding steroid dienone is 12. The first-order valence-corrected chi connectivity index (χ1v) is 21.5. The second kappa shape index (κ2) is 41.6. The van der Waals surface area contributed by atoms with E-state index in [-0.39, 0.29) is 37.5 Å². The standard InChI is InChI=1S/C47H78O6/c1-4-7-10-13-16-19-22-23-26-28-31-34-37-40-46(49)52-43-44(53-47(50)41-38-35-32-29-25-21-18-15-12-9-6-3)42-51-45(48)39-36-33-30-27-24-20-17-14-11-8-5-2/h7,10,13-19,21-22,25,44H,4-6,8-9,11-12,20,23-24,26-43H2,1-3H3/b10-7-,16-13-,17-14-,18-15-,22-19-,25-21-. The van der Waals surface area contributed by atoms with Crippen molar-refractivity contribution in [3.63, 3.8) is 0 Å². The van der Waals surface area contributed by atoms with Crippen LogP contribution in [0.25, 0.3) is 0 Å². The number of esters is 3. The van der Waals surface area contributed by atoms with Crippen LogP contribution in [0, 0.1) is 0 Å². The zero-order valence-electron chi connectivity index (χ0n) is 34.3. The quantitative estimate of drug-likeness (QED) is 0.0208. The first kappa shape index (κ1) is 49.9. The van der Waals surface area contributed by atoms with Crippen LogP contribution in [0.1, 0.15) is 188 Å². The average molecular weight is 739 g/mol. The summed E-state index contributed by atoms with van der Waals surface area (Å²) in [6.45, 7) is 6.33. The lowest BCUT2D eigenvalue weighted by atomic mass is 10.1. The maximum atomic E-state index is 12.7. The van der Waals surface area contributed by atoms with Gasteiger partial charge in [0.25, 0.3) is 0 Å². The van der Waals surface area contributed by atoms with Crippen molar-refractivity contribution in [3.05, 3.63) is 72.9 Å². The predicted molar refractivity (Wildman–Crippen MR) is 224 cm³/mol. The molecule has 6 nitrogen and oxygen atoms in total. The Hall–Kier alpha value is -3.15. The molecule has 53 heavy (non-hydrogen) atoms. The Bertz CT molecular complexity index is 1030. The molecule has 1 atom stereocenters. The molecule has 0 aliphatic carbocycles. The smallest absolute Gasteiger partial charge is 0.306 e. The molecule has 0 N–H and O–H groups in total. The van der Waals surface area contributed by atoms with Crippen molar-refractivity contribution in [2.45, 2.75) is 194 Å². The maximum absolute atomic E-state index is 12.7. The van der Waals surface area contributed by atoms with Crippen molar-refractivity contribution in [2.75, 3.05) is 13.2 Å². The van der Waals surface area contributed by atoms with Crippen LogP contribution in [-0.2, 0) is 28.6 Å². The highest BCUT2D eigenvalue weighted by Gasteiger charge is 2.19. The van der Waals surface area contributed by atoms with E-state index < -0.39 is 6.10 Å². The summed E-state index contributed by atoms with van der Waals surface area (Å²) in [4.78, 5) is 37.6. The fourth-order valence-electron chi connectivity index (χ4n) is 5.46. The van der Waals surface area contributed by atoms with Gasteiger partial charge in [0.05, 0.1) is 0 Å². The van der Waals surface area contributed by atoms with E-state index in [1.165, 1.54) is 38.5 Å². The van der Waals surface area contributed by atoms with Gasteiger partial charge in [-0.1, -0.05) is 164 Å². The molecule has 0 radical (unpaired) electrons. The van der Waals surface area contributed by atoms with Gasteiger partial charge in [0.1, 0.15) is 13.2 Å². The third-order valence-electron chi connectivity index (χ3n) is 8.75. The highest BCUT2D eigenvalue weighted by molar-refractivity contribution is 5.71. The number of carbonyl (C=O) groups excluding carboxylic acids is 3. The van der Waals surface area contributed by atoms with Crippen molar-refractivity contribution >= 4 is 17.9 Å². The largest absolute Gasteiger partial charge is 0.462 e. The molecule has 6 heteroatoms. The van der Waals surface area contributed by atoms with Crippen LogP contribution in [0.2, 0.25) is 0 Å². The van der Waals surface area contributed by atoms with Crippen molar-refractivity contribution < 1.29 is 28.6 Å². The van der Waals surface area contributed by atoms with E-state index in [1.807, 2.05) is 6.08 Å². The molecule has 0 aliphatic rings. The van der Waals surface area contributed by atoms with Gasteiger partial charge in [-0.05, 0) is 77.0 Å². The molecular weight excluding hydrogens is 661 g/mol. The molecule has 302 valence electrons. The Morgan fingerprint density at radius 3 is 1.25 bits per heavy atom. The molecule has 0 bridgehead atoms. The summed E-state index contributed by atoms with van der Waals surface area (Å²) in [6, 6.07) is 0. The van der Waals surface area contributed by atoms with E-state index in [4.69, 9.17) is 14.2 Å². The summed E-state index contributed by atoms with van der Waals surface area (Å²) in [5, 5.41) is 0. The molecule has 0 aromatic rings. The number of rotatable bonds is 37. The number of carbonyl (C=O) groups is 3. The first-order chi connectivity index (χ1) is 26.0. The van der Waals surface area contributed by atoms with E-state index in [2.05, 4.69) is 87.6 Å². The highest BCUT2D eigenvalue weighted by Crippen LogP contribution is 2.12. The molecule has 0 spiro atoms. The number of ether oxygens (including phenoxy) is 3. The molecule has 0 amide bonds. The fourth-order valence-corrected chi connectivity index (χ4v) is 5.46. The van der Waals surface area contributed by atoms with Crippen molar-refractivity contribution in [1.82, 2.24) is 0 Å². The zero-order valence-corrected chi connectivity index (χ0v) is 34.3. The lowest BCUT2D eigenvalue weighted by Gasteiger charge is -2.18. The van der Waals surface area contributed by atoms with E-state index in [0.29, 0.717) is 12.8 Å². The Kier molecular flexibility index (Phi) is 39.1. The molecule has 0 saturated heterocycles. The second-order valence-electron chi connectivity index (χ2n) is 14.0. The van der Waals surface area contributed by atoms with Crippen LogP contribution >= 0.6 is 0 Å². The minimum Gasteiger partial charge on any atom is -0.462 e. The summed E-state index contributed by atoms with van der Waals surface area (Å²) in [5.41, 5.74) is 0. The third kappa shape index (κ3) is 39.9. The lowest BCUT2D eigenvalue weighted by Crippen LogP contribution is -2.30. The summed E-state index contributed by atoms with van der Waals surface area (Å²) in [7, 11) is 0. The Balaban J connectivity index is 4.47. The monoisotopic (exact) mass is 739 g/mol. The van der Waals surface area contributed by atoms with Gasteiger partial charge in [-0.2, -0.15) is 0 Å². The van der Waals surface area contributed by atoms with Crippen LogP contribution < -0.4 is 0 Å². The molecule has 0 heterocycles. The van der Waals surface area contributed by atoms with Gasteiger partial charge in [0, 0.05) is 19.3 Å². The van der Waals surface area contributed by atoms with Crippen molar-refractivity contribution in [1.29, 1.82) is 0 Å². The maximum Gasteiger partial charge on any atom is 0.306 e. The molecule has 0 saturated carbocycles. The summed E-state index contributed by atoms with van der Waals surface area (Å²) < 4.78 is 16.6. The van der Waals surface area contributed by atoms with Gasteiger partial charge in [0.15, 0.2) is 6.10 Å². The van der Waals surface area contributed by atoms with E-state index in [0.717, 1.165) is 109 Å². The van der Waals surface area contributed by atoms with Gasteiger partial charge in [-0.15, -0.1) is 0 Å². The third-order valence-corrected chi connectivity index (χ3v) is 8.75. The van der Waals surface area contributed by atoms with E-state index in [9.17, 15) is 14.4 Å². The highest BCUT2D eigenvalue weighted by atomic mass is 16.6. The van der Waals surface area contributed by atoms with Crippen molar-refractivity contribution in [3.8, 4) is 0 Å². The summed E-state index contributed by atoms with van der Waals surface area (Å²) in [5.74, 6) is -0.967. The first-order valence-electron chi connectivity index (χ1n) is 21.5. The van der Waals surface area contributed by atoms with Gasteiger partial charge in [-0.25, -0.2) is 0 Å². The van der Waals surface area contributed by atoms with Crippen LogP contribution in [0.3, 0.4) is 0 Å². The minimum absolute atomic E-state index is 0.0987. The molecule has 1 unspecified atom stereocenters. The molecule has 0 aromatic carbocycles. The van der Waals surface area contributed by atoms with E-state index in [1.54, 1.807) is 0 Å². The van der Waals surface area contributed by atoms with Gasteiger partial charge >= 0.3 is 17.9 Å². The second-order valence-corrected chi connectivity index (χ2v) is 14.0. The van der Waals surface area contributed by atoms with E-state index >= 15 is 0 Å². The van der Waals surface area contributed by atoms with Gasteiger partial charge in [0.2, 0.25) is 0 Å². The number of hydrogen-bond donors (Lipinski definition) is 0. The number of hydrogen-bond acceptors (Lipinski definition) is 6. The minimum atomic E-state index is -0.797. The van der Waals surface area contributed by atoms with Crippen LogP contribution in [0.4, 0.5) is 0 Å². The Labute approximate surface area is 325 Å². The summed E-state index contributed by atoms with van der Waals surface area (Å²) >= 11 is 0. The Morgan fingerprint density at radius 1 is 0.396 bits per heavy atom. The predicted octanol–water partition coefficient (Wildman–Crippen LogP) is 13.5. The van der Waals surface area contributed by atoms with Crippen molar-refractivity contribution in [2.24, 2.45) is 0 Å². The normalized spacial score (nSPS) is 12.7. The number of unbranched alkanes of at least 4 members (excludes halogenated alkanes) is 17. The molecule has 0 rings (SSSR count). The molecule has 0 aromatic heterocycles. The average Bonchev–Trinajstić information content (AvgIpc) is 3.15. The SMILES string of the molecule is CC\C=C/C=C\C=C/CCCCCCCC(=O)OCC(COC(=O)CCCCCCC/C=C\CCCC)OC(=O)CCCCC/C=C\C=C/CCCC. The van der Waals surface area contributed by atoms with Crippen LogP contribution in [-0.4, -0.2) is 37.2 Å². The van der Waals surface area contributed by atoms with Gasteiger partial charge < -0.3 is 14.2 Å². The summed E-state index contributed by atoms with van der Waals surface area (Å²) in [6.07, 6.45) is 50.3.